The molecule has 0 aromatic carbocycles. The Hall–Kier alpha value is -1.43. The van der Waals surface area contributed by atoms with Gasteiger partial charge in [-0.2, -0.15) is 5.10 Å². The van der Waals surface area contributed by atoms with Gasteiger partial charge in [-0.15, -0.1) is 0 Å². The van der Waals surface area contributed by atoms with Crippen molar-refractivity contribution in [3.8, 4) is 0 Å². The van der Waals surface area contributed by atoms with Crippen LogP contribution in [0.25, 0.3) is 0 Å². The Morgan fingerprint density at radius 2 is 2.21 bits per heavy atom. The molecule has 1 heterocycles. The number of aromatic nitrogens is 2. The van der Waals surface area contributed by atoms with Gasteiger partial charge >= 0.3 is 5.69 Å². The second kappa shape index (κ2) is 4.19. The van der Waals surface area contributed by atoms with Gasteiger partial charge in [0.15, 0.2) is 0 Å². The van der Waals surface area contributed by atoms with Gasteiger partial charge in [0, 0.05) is 13.2 Å². The van der Waals surface area contributed by atoms with Crippen molar-refractivity contribution in [3.05, 3.63) is 21.5 Å². The number of aliphatic hydroxyl groups excluding tert-OH is 1. The third-order valence-electron chi connectivity index (χ3n) is 2.05. The van der Waals surface area contributed by atoms with Crippen molar-refractivity contribution >= 4 is 5.69 Å². The Labute approximate surface area is 81.3 Å². The molecule has 1 rings (SSSR count). The van der Waals surface area contributed by atoms with Crippen molar-refractivity contribution in [3.63, 3.8) is 0 Å². The lowest BCUT2D eigenvalue weighted by Crippen LogP contribution is -2.04. The third-order valence-corrected chi connectivity index (χ3v) is 2.05. The molecule has 0 aliphatic rings. The molecule has 6 heteroatoms. The summed E-state index contributed by atoms with van der Waals surface area (Å²) in [5.41, 5.74) is 1.04. The van der Waals surface area contributed by atoms with E-state index in [-0.39, 0.29) is 12.3 Å². The molecule has 0 atom stereocenters. The van der Waals surface area contributed by atoms with E-state index in [0.717, 1.165) is 0 Å². The van der Waals surface area contributed by atoms with E-state index < -0.39 is 4.92 Å². The number of aryl methyl sites for hydroxylation is 2. The van der Waals surface area contributed by atoms with Gasteiger partial charge in [0.1, 0.15) is 11.4 Å². The zero-order valence-electron chi connectivity index (χ0n) is 8.23. The molecule has 0 saturated carbocycles. The molecule has 0 bridgehead atoms. The quantitative estimate of drug-likeness (QED) is 0.574. The molecule has 0 aliphatic heterocycles. The van der Waals surface area contributed by atoms with Crippen LogP contribution in [-0.2, 0) is 6.54 Å². The van der Waals surface area contributed by atoms with E-state index in [1.54, 1.807) is 18.5 Å². The molecule has 1 N–H and O–H groups in total. The Morgan fingerprint density at radius 1 is 1.57 bits per heavy atom. The first-order valence-electron chi connectivity index (χ1n) is 4.37. The SMILES string of the molecule is Cc1nn(CCCO)c(C)c1[N+](=O)[O-]. The summed E-state index contributed by atoms with van der Waals surface area (Å²) in [4.78, 5) is 10.2. The second-order valence-corrected chi connectivity index (χ2v) is 3.08. The maximum atomic E-state index is 10.6. The second-order valence-electron chi connectivity index (χ2n) is 3.08. The van der Waals surface area contributed by atoms with Gasteiger partial charge in [-0.3, -0.25) is 14.8 Å². The molecular formula is C8H13N3O3. The van der Waals surface area contributed by atoms with Crippen molar-refractivity contribution in [2.75, 3.05) is 6.61 Å². The lowest BCUT2D eigenvalue weighted by atomic mass is 10.3. The minimum absolute atomic E-state index is 0.0617. The third kappa shape index (κ3) is 1.90. The molecule has 6 nitrogen and oxygen atoms in total. The summed E-state index contributed by atoms with van der Waals surface area (Å²) in [7, 11) is 0. The maximum Gasteiger partial charge on any atom is 0.312 e. The van der Waals surface area contributed by atoms with Crippen LogP contribution in [0.1, 0.15) is 17.8 Å². The average Bonchev–Trinajstić information content (AvgIpc) is 2.38. The van der Waals surface area contributed by atoms with E-state index in [1.165, 1.54) is 0 Å². The number of nitrogens with zero attached hydrogens (tertiary/aromatic N) is 3. The van der Waals surface area contributed by atoms with Crippen LogP contribution in [0.15, 0.2) is 0 Å². The normalized spacial score (nSPS) is 10.5. The number of hydrogen-bond acceptors (Lipinski definition) is 4. The number of aliphatic hydroxyl groups is 1. The van der Waals surface area contributed by atoms with Crippen molar-refractivity contribution in [2.45, 2.75) is 26.8 Å². The fourth-order valence-corrected chi connectivity index (χ4v) is 1.39. The van der Waals surface area contributed by atoms with Gasteiger partial charge in [-0.25, -0.2) is 0 Å². The molecule has 78 valence electrons. The van der Waals surface area contributed by atoms with Gasteiger partial charge in [0.05, 0.1) is 4.92 Å². The minimum atomic E-state index is -0.423. The highest BCUT2D eigenvalue weighted by atomic mass is 16.6. The molecule has 1 aromatic heterocycles. The molecule has 1 aromatic rings. The summed E-state index contributed by atoms with van der Waals surface area (Å²) < 4.78 is 1.56. The molecular weight excluding hydrogens is 186 g/mol. The molecule has 14 heavy (non-hydrogen) atoms. The maximum absolute atomic E-state index is 10.6. The fraction of sp³-hybridized carbons (Fsp3) is 0.625. The van der Waals surface area contributed by atoms with Crippen LogP contribution in [0.4, 0.5) is 5.69 Å². The smallest absolute Gasteiger partial charge is 0.312 e. The van der Waals surface area contributed by atoms with Gasteiger partial charge in [0.25, 0.3) is 0 Å². The van der Waals surface area contributed by atoms with E-state index in [1.807, 2.05) is 0 Å². The van der Waals surface area contributed by atoms with Crippen molar-refractivity contribution in [1.29, 1.82) is 0 Å². The van der Waals surface area contributed by atoms with Crippen LogP contribution in [-0.4, -0.2) is 26.4 Å². The standard InChI is InChI=1S/C8H13N3O3/c1-6-8(11(13)14)7(2)10(9-6)4-3-5-12/h12H,3-5H2,1-2H3. The van der Waals surface area contributed by atoms with Crippen LogP contribution in [0.3, 0.4) is 0 Å². The Morgan fingerprint density at radius 3 is 2.64 bits per heavy atom. The van der Waals surface area contributed by atoms with E-state index in [2.05, 4.69) is 5.10 Å². The number of nitro groups is 1. The van der Waals surface area contributed by atoms with Crippen molar-refractivity contribution < 1.29 is 10.0 Å². The first kappa shape index (κ1) is 10.6. The summed E-state index contributed by atoms with van der Waals surface area (Å²) in [5, 5.41) is 23.3. The predicted molar refractivity (Wildman–Crippen MR) is 50.1 cm³/mol. The molecule has 0 spiro atoms. The lowest BCUT2D eigenvalue weighted by molar-refractivity contribution is -0.386. The highest BCUT2D eigenvalue weighted by molar-refractivity contribution is 5.39. The molecule has 0 amide bonds. The summed E-state index contributed by atoms with van der Waals surface area (Å²) >= 11 is 0. The topological polar surface area (TPSA) is 81.2 Å². The summed E-state index contributed by atoms with van der Waals surface area (Å²) in [6, 6.07) is 0. The lowest BCUT2D eigenvalue weighted by Gasteiger charge is -2.00. The first-order valence-corrected chi connectivity index (χ1v) is 4.37. The molecule has 0 saturated heterocycles. The van der Waals surface area contributed by atoms with E-state index in [9.17, 15) is 10.1 Å². The van der Waals surface area contributed by atoms with Crippen LogP contribution in [0.2, 0.25) is 0 Å². The summed E-state index contributed by atoms with van der Waals surface area (Å²) in [6.45, 7) is 3.85. The van der Waals surface area contributed by atoms with E-state index in [4.69, 9.17) is 5.11 Å². The van der Waals surface area contributed by atoms with Crippen molar-refractivity contribution in [2.24, 2.45) is 0 Å². The fourth-order valence-electron chi connectivity index (χ4n) is 1.39. The predicted octanol–water partition coefficient (Wildman–Crippen LogP) is 0.791. The molecule has 0 radical (unpaired) electrons. The molecule has 0 unspecified atom stereocenters. The van der Waals surface area contributed by atoms with Crippen LogP contribution >= 0.6 is 0 Å². The summed E-state index contributed by atoms with van der Waals surface area (Å²) in [5.74, 6) is 0. The van der Waals surface area contributed by atoms with Gasteiger partial charge < -0.3 is 5.11 Å². The zero-order chi connectivity index (χ0) is 10.7. The molecule has 0 fully saturated rings. The largest absolute Gasteiger partial charge is 0.396 e. The Balaban J connectivity index is 2.98. The number of hydrogen-bond donors (Lipinski definition) is 1. The minimum Gasteiger partial charge on any atom is -0.396 e. The van der Waals surface area contributed by atoms with E-state index in [0.29, 0.717) is 24.4 Å². The van der Waals surface area contributed by atoms with Crippen molar-refractivity contribution in [1.82, 2.24) is 9.78 Å². The summed E-state index contributed by atoms with van der Waals surface area (Å²) in [6.07, 6.45) is 0.555. The highest BCUT2D eigenvalue weighted by Gasteiger charge is 2.20. The van der Waals surface area contributed by atoms with Gasteiger partial charge in [-0.05, 0) is 20.3 Å². The van der Waals surface area contributed by atoms with Crippen LogP contribution in [0, 0.1) is 24.0 Å². The Kier molecular flexibility index (Phi) is 3.19. The monoisotopic (exact) mass is 199 g/mol. The van der Waals surface area contributed by atoms with E-state index >= 15 is 0 Å². The highest BCUT2D eigenvalue weighted by Crippen LogP contribution is 2.21. The van der Waals surface area contributed by atoms with Crippen LogP contribution < -0.4 is 0 Å². The first-order chi connectivity index (χ1) is 6.57. The van der Waals surface area contributed by atoms with Gasteiger partial charge in [0.2, 0.25) is 0 Å². The molecule has 0 aliphatic carbocycles. The average molecular weight is 199 g/mol. The Bertz CT molecular complexity index is 346. The zero-order valence-corrected chi connectivity index (χ0v) is 8.23. The number of rotatable bonds is 4. The van der Waals surface area contributed by atoms with Crippen LogP contribution in [0.5, 0.6) is 0 Å². The van der Waals surface area contributed by atoms with Gasteiger partial charge in [-0.1, -0.05) is 0 Å².